The summed E-state index contributed by atoms with van der Waals surface area (Å²) in [5.74, 6) is 0.704. The lowest BCUT2D eigenvalue weighted by Crippen LogP contribution is -2.30. The molecule has 1 unspecified atom stereocenters. The number of aromatic nitrogens is 2. The fraction of sp³-hybridized carbons (Fsp3) is 0.391. The molecule has 1 aliphatic carbocycles. The second kappa shape index (κ2) is 9.20. The summed E-state index contributed by atoms with van der Waals surface area (Å²) in [6, 6.07) is 15.8. The molecule has 1 saturated carbocycles. The van der Waals surface area contributed by atoms with Crippen LogP contribution in [0.5, 0.6) is 0 Å². The molecule has 1 aromatic heterocycles. The molecule has 2 aromatic carbocycles. The van der Waals surface area contributed by atoms with Gasteiger partial charge in [0.05, 0.1) is 17.1 Å². The number of hydrogen-bond donors (Lipinski definition) is 2. The first kappa shape index (κ1) is 20.9. The Labute approximate surface area is 178 Å². The van der Waals surface area contributed by atoms with Crippen molar-refractivity contribution in [2.45, 2.75) is 45.1 Å². The van der Waals surface area contributed by atoms with E-state index < -0.39 is 11.3 Å². The largest absolute Gasteiger partial charge is 0.294 e. The van der Waals surface area contributed by atoms with Crippen molar-refractivity contribution in [3.8, 4) is 11.3 Å². The van der Waals surface area contributed by atoms with E-state index in [9.17, 15) is 9.00 Å². The van der Waals surface area contributed by atoms with Crippen LogP contribution in [-0.4, -0.2) is 25.1 Å². The first-order chi connectivity index (χ1) is 14.5. The maximum atomic E-state index is 13.2. The molecule has 1 heterocycles. The minimum atomic E-state index is -2.01. The van der Waals surface area contributed by atoms with Gasteiger partial charge in [0.2, 0.25) is 11.3 Å². The van der Waals surface area contributed by atoms with Crippen molar-refractivity contribution in [3.63, 3.8) is 0 Å². The smallest absolute Gasteiger partial charge is 0.274 e. The minimum Gasteiger partial charge on any atom is -0.294 e. The molecule has 0 amide bonds. The Balaban J connectivity index is 1.76. The third kappa shape index (κ3) is 4.53. The second-order valence-electron chi connectivity index (χ2n) is 8.15. The molecule has 0 bridgehead atoms. The summed E-state index contributed by atoms with van der Waals surface area (Å²) in [5.41, 5.74) is 2.79. The average molecular weight is 426 g/mol. The first-order valence-electron chi connectivity index (χ1n) is 10.5. The molecule has 0 spiro atoms. The second-order valence-corrected chi connectivity index (χ2v) is 8.94. The summed E-state index contributed by atoms with van der Waals surface area (Å²) >= 11 is -2.01. The number of nitrogens with zero attached hydrogens (tertiary/aromatic N) is 2. The van der Waals surface area contributed by atoms with Crippen molar-refractivity contribution in [2.75, 3.05) is 6.54 Å². The number of benzene rings is 2. The average Bonchev–Trinajstić information content (AvgIpc) is 2.75. The molecule has 1 fully saturated rings. The fourth-order valence-corrected chi connectivity index (χ4v) is 4.59. The van der Waals surface area contributed by atoms with E-state index in [1.54, 1.807) is 4.68 Å². The van der Waals surface area contributed by atoms with Crippen LogP contribution in [0.2, 0.25) is 0 Å². The Hall–Kier alpha value is -2.35. The highest BCUT2D eigenvalue weighted by Gasteiger charge is 2.23. The normalized spacial score (nSPS) is 20.3. The third-order valence-corrected chi connectivity index (χ3v) is 6.45. The fourth-order valence-electron chi connectivity index (χ4n) is 4.31. The molecule has 0 aliphatic heterocycles. The van der Waals surface area contributed by atoms with E-state index in [0.717, 1.165) is 47.9 Å². The van der Waals surface area contributed by atoms with Gasteiger partial charge in [-0.15, -0.1) is 0 Å². The van der Waals surface area contributed by atoms with Crippen LogP contribution in [0.25, 0.3) is 22.0 Å². The highest BCUT2D eigenvalue weighted by atomic mass is 32.2. The molecule has 7 heteroatoms. The van der Waals surface area contributed by atoms with Gasteiger partial charge in [-0.3, -0.25) is 9.35 Å². The number of nitrogens with one attached hydrogen (secondary N) is 1. The molecule has 4 rings (SSSR count). The van der Waals surface area contributed by atoms with Gasteiger partial charge in [-0.1, -0.05) is 43.3 Å². The van der Waals surface area contributed by atoms with Gasteiger partial charge < -0.3 is 0 Å². The van der Waals surface area contributed by atoms with E-state index in [2.05, 4.69) is 17.7 Å². The van der Waals surface area contributed by atoms with Crippen molar-refractivity contribution < 1.29 is 8.76 Å². The Morgan fingerprint density at radius 3 is 2.57 bits per heavy atom. The van der Waals surface area contributed by atoms with Crippen LogP contribution in [0.4, 0.5) is 0 Å². The molecule has 2 N–H and O–H groups in total. The predicted molar refractivity (Wildman–Crippen MR) is 121 cm³/mol. The minimum absolute atomic E-state index is 0.0142. The van der Waals surface area contributed by atoms with Gasteiger partial charge in [0.25, 0.3) is 5.56 Å². The van der Waals surface area contributed by atoms with Gasteiger partial charge in [0.1, 0.15) is 0 Å². The number of hydrogen-bond acceptors (Lipinski definition) is 3. The highest BCUT2D eigenvalue weighted by molar-refractivity contribution is 7.77. The van der Waals surface area contributed by atoms with Gasteiger partial charge >= 0.3 is 0 Å². The van der Waals surface area contributed by atoms with Gasteiger partial charge in [-0.2, -0.15) is 5.10 Å². The zero-order valence-electron chi connectivity index (χ0n) is 17.1. The summed E-state index contributed by atoms with van der Waals surface area (Å²) in [6.45, 7) is 2.67. The van der Waals surface area contributed by atoms with Crippen LogP contribution in [0, 0.1) is 5.92 Å². The monoisotopic (exact) mass is 425 g/mol. The Morgan fingerprint density at radius 1 is 1.10 bits per heavy atom. The number of rotatable bonds is 6. The van der Waals surface area contributed by atoms with Crippen molar-refractivity contribution in [1.29, 1.82) is 0 Å². The van der Waals surface area contributed by atoms with Crippen molar-refractivity contribution >= 4 is 22.0 Å². The Morgan fingerprint density at radius 2 is 1.83 bits per heavy atom. The lowest BCUT2D eigenvalue weighted by Gasteiger charge is -2.27. The maximum absolute atomic E-state index is 13.2. The van der Waals surface area contributed by atoms with E-state index in [-0.39, 0.29) is 11.6 Å². The highest BCUT2D eigenvalue weighted by Crippen LogP contribution is 2.32. The molecule has 158 valence electrons. The third-order valence-electron chi connectivity index (χ3n) is 6.00. The van der Waals surface area contributed by atoms with E-state index in [1.165, 1.54) is 0 Å². The zero-order valence-corrected chi connectivity index (χ0v) is 17.9. The molecular weight excluding hydrogens is 398 g/mol. The molecule has 0 saturated heterocycles. The van der Waals surface area contributed by atoms with Crippen molar-refractivity contribution in [1.82, 2.24) is 14.5 Å². The summed E-state index contributed by atoms with van der Waals surface area (Å²) in [7, 11) is 0. The standard InChI is InChI=1S/C23H27N3O3S/c1-16-9-11-19(12-10-16)26-23(27)21-8-3-2-7-20(21)22(25-26)18-6-4-5-17(15-18)13-14-24-30(28)29/h2-8,15-16,19,24H,9-14H2,1H3,(H,28,29). The summed E-state index contributed by atoms with van der Waals surface area (Å²) in [4.78, 5) is 13.2. The van der Waals surface area contributed by atoms with Gasteiger partial charge in [-0.25, -0.2) is 13.6 Å². The maximum Gasteiger partial charge on any atom is 0.274 e. The van der Waals surface area contributed by atoms with Crippen molar-refractivity contribution in [2.24, 2.45) is 5.92 Å². The number of fused-ring (bicyclic) bond motifs is 1. The molecular formula is C23H27N3O3S. The summed E-state index contributed by atoms with van der Waals surface area (Å²) in [6.07, 6.45) is 4.83. The van der Waals surface area contributed by atoms with Crippen LogP contribution in [0.1, 0.15) is 44.2 Å². The lowest BCUT2D eigenvalue weighted by molar-refractivity contribution is 0.268. The molecule has 3 aromatic rings. The topological polar surface area (TPSA) is 84.2 Å². The van der Waals surface area contributed by atoms with Crippen LogP contribution in [0.15, 0.2) is 53.3 Å². The molecule has 1 atom stereocenters. The van der Waals surface area contributed by atoms with Crippen LogP contribution in [0.3, 0.4) is 0 Å². The van der Waals surface area contributed by atoms with E-state index >= 15 is 0 Å². The lowest BCUT2D eigenvalue weighted by atomic mass is 9.87. The van der Waals surface area contributed by atoms with E-state index in [1.807, 2.05) is 42.5 Å². The Kier molecular flexibility index (Phi) is 6.41. The van der Waals surface area contributed by atoms with Gasteiger partial charge in [0, 0.05) is 17.5 Å². The van der Waals surface area contributed by atoms with Gasteiger partial charge in [-0.05, 0) is 55.7 Å². The SMILES string of the molecule is CC1CCC(n2nc(-c3cccc(CCNS(=O)O)c3)c3ccccc3c2=O)CC1. The molecule has 0 radical (unpaired) electrons. The van der Waals surface area contributed by atoms with Gasteiger partial charge in [0.15, 0.2) is 0 Å². The molecule has 1 aliphatic rings. The van der Waals surface area contributed by atoms with Crippen LogP contribution >= 0.6 is 0 Å². The van der Waals surface area contributed by atoms with Crippen LogP contribution in [-0.2, 0) is 17.7 Å². The van der Waals surface area contributed by atoms with E-state index in [4.69, 9.17) is 9.65 Å². The Bertz CT molecular complexity index is 1120. The van der Waals surface area contributed by atoms with Crippen molar-refractivity contribution in [3.05, 3.63) is 64.4 Å². The van der Waals surface area contributed by atoms with E-state index in [0.29, 0.717) is 24.3 Å². The predicted octanol–water partition coefficient (Wildman–Crippen LogP) is 4.08. The zero-order chi connectivity index (χ0) is 21.1. The summed E-state index contributed by atoms with van der Waals surface area (Å²) < 4.78 is 23.9. The molecule has 6 nitrogen and oxygen atoms in total. The van der Waals surface area contributed by atoms with Crippen LogP contribution < -0.4 is 10.3 Å². The first-order valence-corrected chi connectivity index (χ1v) is 11.6. The quantitative estimate of drug-likeness (QED) is 0.583. The molecule has 30 heavy (non-hydrogen) atoms. The summed E-state index contributed by atoms with van der Waals surface area (Å²) in [5, 5.41) is 6.42.